The number of carboxylic acids is 1. The summed E-state index contributed by atoms with van der Waals surface area (Å²) in [5.74, 6) is -1.86. The number of carbonyl (C=O) groups excluding carboxylic acids is 1. The Labute approximate surface area is 95.2 Å². The second-order valence-electron chi connectivity index (χ2n) is 5.28. The molecule has 1 aliphatic rings. The number of hydrogen-bond donors (Lipinski definition) is 2. The van der Waals surface area contributed by atoms with Crippen LogP contribution in [-0.2, 0) is 14.3 Å². The van der Waals surface area contributed by atoms with Crippen molar-refractivity contribution in [2.75, 3.05) is 13.6 Å². The third kappa shape index (κ3) is 2.52. The molecule has 1 rings (SSSR count). The third-order valence-corrected chi connectivity index (χ3v) is 2.68. The van der Waals surface area contributed by atoms with Crippen molar-refractivity contribution in [3.05, 3.63) is 0 Å². The summed E-state index contributed by atoms with van der Waals surface area (Å²) in [5.41, 5.74) is -1.53. The van der Waals surface area contributed by atoms with E-state index in [1.54, 1.807) is 27.8 Å². The number of ether oxygens (including phenoxy) is 1. The van der Waals surface area contributed by atoms with Crippen LogP contribution in [0.1, 0.15) is 27.2 Å². The van der Waals surface area contributed by atoms with Gasteiger partial charge >= 0.3 is 11.9 Å². The van der Waals surface area contributed by atoms with Crippen molar-refractivity contribution in [3.8, 4) is 0 Å². The van der Waals surface area contributed by atoms with Gasteiger partial charge in [0, 0.05) is 6.54 Å². The molecule has 1 fully saturated rings. The zero-order chi connectivity index (χ0) is 12.6. The van der Waals surface area contributed by atoms with Crippen LogP contribution < -0.4 is 5.32 Å². The second kappa shape index (κ2) is 4.05. The van der Waals surface area contributed by atoms with Gasteiger partial charge in [0.2, 0.25) is 0 Å². The highest BCUT2D eigenvalue weighted by Crippen LogP contribution is 2.53. The summed E-state index contributed by atoms with van der Waals surface area (Å²) in [4.78, 5) is 22.8. The van der Waals surface area contributed by atoms with E-state index in [1.807, 2.05) is 0 Å². The molecule has 1 saturated carbocycles. The van der Waals surface area contributed by atoms with Crippen LogP contribution in [0.5, 0.6) is 0 Å². The van der Waals surface area contributed by atoms with Gasteiger partial charge < -0.3 is 15.2 Å². The normalized spacial score (nSPS) is 28.6. The van der Waals surface area contributed by atoms with E-state index < -0.39 is 28.9 Å². The van der Waals surface area contributed by atoms with E-state index in [1.165, 1.54) is 0 Å². The molecule has 0 aromatic rings. The molecule has 0 aliphatic heterocycles. The average Bonchev–Trinajstić information content (AvgIpc) is 2.78. The average molecular weight is 229 g/mol. The first kappa shape index (κ1) is 13.0. The van der Waals surface area contributed by atoms with Crippen molar-refractivity contribution in [1.82, 2.24) is 5.32 Å². The van der Waals surface area contributed by atoms with Gasteiger partial charge in [-0.1, -0.05) is 0 Å². The van der Waals surface area contributed by atoms with Crippen LogP contribution in [0.15, 0.2) is 0 Å². The predicted molar refractivity (Wildman–Crippen MR) is 57.9 cm³/mol. The van der Waals surface area contributed by atoms with Gasteiger partial charge in [-0.05, 0) is 34.2 Å². The van der Waals surface area contributed by atoms with Crippen LogP contribution in [0.2, 0.25) is 0 Å². The van der Waals surface area contributed by atoms with Gasteiger partial charge in [0.1, 0.15) is 5.60 Å². The summed E-state index contributed by atoms with van der Waals surface area (Å²) < 4.78 is 5.18. The summed E-state index contributed by atoms with van der Waals surface area (Å²) in [6.07, 6.45) is 0.359. The lowest BCUT2D eigenvalue weighted by molar-refractivity contribution is -0.160. The first-order valence-corrected chi connectivity index (χ1v) is 5.34. The van der Waals surface area contributed by atoms with Crippen molar-refractivity contribution < 1.29 is 19.4 Å². The monoisotopic (exact) mass is 229 g/mol. The highest BCUT2D eigenvalue weighted by atomic mass is 16.6. The Morgan fingerprint density at radius 2 is 2.06 bits per heavy atom. The Kier molecular flexibility index (Phi) is 3.28. The molecule has 0 bridgehead atoms. The second-order valence-corrected chi connectivity index (χ2v) is 5.28. The number of nitrogens with one attached hydrogen (secondary N) is 1. The van der Waals surface area contributed by atoms with E-state index in [0.717, 1.165) is 0 Å². The Balaban J connectivity index is 2.65. The highest BCUT2D eigenvalue weighted by molar-refractivity contribution is 5.90. The van der Waals surface area contributed by atoms with Gasteiger partial charge in [-0.2, -0.15) is 0 Å². The van der Waals surface area contributed by atoms with Crippen molar-refractivity contribution >= 4 is 11.9 Å². The van der Waals surface area contributed by atoms with Gasteiger partial charge in [0.25, 0.3) is 0 Å². The van der Waals surface area contributed by atoms with E-state index in [2.05, 4.69) is 5.32 Å². The molecule has 0 amide bonds. The molecule has 2 atom stereocenters. The number of carbonyl (C=O) groups is 2. The highest BCUT2D eigenvalue weighted by Gasteiger charge is 2.64. The number of carboxylic acid groups (broad SMARTS) is 1. The quantitative estimate of drug-likeness (QED) is 0.692. The van der Waals surface area contributed by atoms with E-state index in [0.29, 0.717) is 13.0 Å². The summed E-state index contributed by atoms with van der Waals surface area (Å²) >= 11 is 0. The van der Waals surface area contributed by atoms with E-state index in [9.17, 15) is 9.59 Å². The zero-order valence-corrected chi connectivity index (χ0v) is 10.2. The molecule has 5 nitrogen and oxygen atoms in total. The Hall–Kier alpha value is -1.10. The molecule has 0 radical (unpaired) electrons. The molecular weight excluding hydrogens is 210 g/mol. The molecule has 92 valence electrons. The van der Waals surface area contributed by atoms with Gasteiger partial charge in [0.15, 0.2) is 0 Å². The Morgan fingerprint density at radius 3 is 2.44 bits per heavy atom. The maximum Gasteiger partial charge on any atom is 0.311 e. The molecule has 5 heteroatoms. The maximum absolute atomic E-state index is 11.7. The maximum atomic E-state index is 11.7. The van der Waals surface area contributed by atoms with Crippen LogP contribution in [0.4, 0.5) is 0 Å². The summed E-state index contributed by atoms with van der Waals surface area (Å²) in [5, 5.41) is 11.9. The molecule has 16 heavy (non-hydrogen) atoms. The topological polar surface area (TPSA) is 75.6 Å². The van der Waals surface area contributed by atoms with E-state index in [-0.39, 0.29) is 0 Å². The fraction of sp³-hybridized carbons (Fsp3) is 0.818. The van der Waals surface area contributed by atoms with Crippen LogP contribution in [0.25, 0.3) is 0 Å². The van der Waals surface area contributed by atoms with Crippen LogP contribution in [0, 0.1) is 11.3 Å². The lowest BCUT2D eigenvalue weighted by Crippen LogP contribution is -2.33. The lowest BCUT2D eigenvalue weighted by Gasteiger charge is -2.20. The molecule has 0 aromatic heterocycles. The number of esters is 1. The van der Waals surface area contributed by atoms with Gasteiger partial charge in [-0.3, -0.25) is 9.59 Å². The van der Waals surface area contributed by atoms with Gasteiger partial charge in [0.05, 0.1) is 11.3 Å². The van der Waals surface area contributed by atoms with Crippen molar-refractivity contribution in [2.45, 2.75) is 32.8 Å². The molecule has 0 spiro atoms. The van der Waals surface area contributed by atoms with Crippen LogP contribution in [0.3, 0.4) is 0 Å². The summed E-state index contributed by atoms with van der Waals surface area (Å²) in [6, 6.07) is 0. The molecule has 1 aliphatic carbocycles. The fourth-order valence-corrected chi connectivity index (χ4v) is 1.81. The van der Waals surface area contributed by atoms with Crippen molar-refractivity contribution in [3.63, 3.8) is 0 Å². The molecule has 0 aromatic carbocycles. The lowest BCUT2D eigenvalue weighted by atomic mass is 10.0. The minimum Gasteiger partial charge on any atom is -0.481 e. The van der Waals surface area contributed by atoms with E-state index >= 15 is 0 Å². The SMILES string of the molecule is CNCC1(C(=O)O)CC1C(=O)OC(C)(C)C. The number of hydrogen-bond acceptors (Lipinski definition) is 4. The summed E-state index contributed by atoms with van der Waals surface area (Å²) in [7, 11) is 1.68. The minimum atomic E-state index is -0.961. The first-order valence-electron chi connectivity index (χ1n) is 5.34. The minimum absolute atomic E-state index is 0.298. The Morgan fingerprint density at radius 1 is 1.50 bits per heavy atom. The zero-order valence-electron chi connectivity index (χ0n) is 10.2. The molecule has 2 unspecified atom stereocenters. The van der Waals surface area contributed by atoms with Crippen LogP contribution in [-0.4, -0.2) is 36.2 Å². The van der Waals surface area contributed by atoms with Gasteiger partial charge in [-0.15, -0.1) is 0 Å². The molecule has 2 N–H and O–H groups in total. The summed E-state index contributed by atoms with van der Waals surface area (Å²) in [6.45, 7) is 5.61. The first-order chi connectivity index (χ1) is 7.23. The molecule has 0 saturated heterocycles. The third-order valence-electron chi connectivity index (χ3n) is 2.68. The standard InChI is InChI=1S/C11H19NO4/c1-10(2,3)16-8(13)7-5-11(7,6-12-4)9(14)15/h7,12H,5-6H2,1-4H3,(H,14,15). The smallest absolute Gasteiger partial charge is 0.311 e. The van der Waals surface area contributed by atoms with Crippen molar-refractivity contribution in [1.29, 1.82) is 0 Å². The molecular formula is C11H19NO4. The van der Waals surface area contributed by atoms with Crippen molar-refractivity contribution in [2.24, 2.45) is 11.3 Å². The number of aliphatic carboxylic acids is 1. The molecule has 0 heterocycles. The largest absolute Gasteiger partial charge is 0.481 e. The van der Waals surface area contributed by atoms with Gasteiger partial charge in [-0.25, -0.2) is 0 Å². The number of rotatable bonds is 4. The fourth-order valence-electron chi connectivity index (χ4n) is 1.81. The Bertz CT molecular complexity index is 308. The van der Waals surface area contributed by atoms with Crippen LogP contribution >= 0.6 is 0 Å². The predicted octanol–water partition coefficient (Wildman–Crippen LogP) is 0.638. The van der Waals surface area contributed by atoms with E-state index in [4.69, 9.17) is 9.84 Å².